The van der Waals surface area contributed by atoms with Crippen LogP contribution in [0.1, 0.15) is 33.6 Å². The Morgan fingerprint density at radius 1 is 1.32 bits per heavy atom. The van der Waals surface area contributed by atoms with Gasteiger partial charge in [-0.1, -0.05) is 20.8 Å². The van der Waals surface area contributed by atoms with Crippen LogP contribution in [0.25, 0.3) is 0 Å². The minimum absolute atomic E-state index is 0.0372. The van der Waals surface area contributed by atoms with Crippen LogP contribution in [0, 0.1) is 5.41 Å². The minimum Gasteiger partial charge on any atom is -0.370 e. The van der Waals surface area contributed by atoms with Gasteiger partial charge in [-0.05, 0) is 11.8 Å². The first-order valence-corrected chi connectivity index (χ1v) is 6.16. The van der Waals surface area contributed by atoms with Crippen LogP contribution in [0.4, 0.5) is 13.2 Å². The summed E-state index contributed by atoms with van der Waals surface area (Å²) < 4.78 is 39.6. The minimum atomic E-state index is -4.33. The third-order valence-corrected chi connectivity index (χ3v) is 2.16. The number of nitrogens with one attached hydrogen (secondary N) is 1. The summed E-state index contributed by atoms with van der Waals surface area (Å²) in [7, 11) is 0. The fraction of sp³-hybridized carbons (Fsp3) is 0.917. The molecule has 0 bridgehead atoms. The molecule has 0 radical (unpaired) electrons. The van der Waals surface area contributed by atoms with Crippen molar-refractivity contribution in [1.82, 2.24) is 5.32 Å². The van der Waals surface area contributed by atoms with Gasteiger partial charge < -0.3 is 15.8 Å². The molecule has 7 heteroatoms. The lowest BCUT2D eigenvalue weighted by Crippen LogP contribution is -2.35. The molecule has 0 heterocycles. The Morgan fingerprint density at radius 3 is 2.37 bits per heavy atom. The van der Waals surface area contributed by atoms with Crippen LogP contribution in [0.15, 0.2) is 0 Å². The molecule has 0 saturated carbocycles. The number of hydrogen-bond donors (Lipinski definition) is 2. The highest BCUT2D eigenvalue weighted by Crippen LogP contribution is 2.20. The van der Waals surface area contributed by atoms with E-state index in [0.717, 1.165) is 0 Å². The van der Waals surface area contributed by atoms with E-state index in [1.807, 2.05) is 20.8 Å². The molecular weight excluding hydrogens is 261 g/mol. The number of carbonyl (C=O) groups is 1. The third-order valence-electron chi connectivity index (χ3n) is 2.16. The highest BCUT2D eigenvalue weighted by atomic mass is 19.4. The van der Waals surface area contributed by atoms with Crippen molar-refractivity contribution in [1.29, 1.82) is 0 Å². The molecule has 3 N–H and O–H groups in total. The molecule has 0 rings (SSSR count). The first-order chi connectivity index (χ1) is 8.49. The molecule has 0 spiro atoms. The molecule has 1 atom stereocenters. The van der Waals surface area contributed by atoms with Crippen molar-refractivity contribution in [2.24, 2.45) is 11.1 Å². The van der Waals surface area contributed by atoms with Crippen LogP contribution >= 0.6 is 0 Å². The van der Waals surface area contributed by atoms with E-state index >= 15 is 0 Å². The van der Waals surface area contributed by atoms with Gasteiger partial charge >= 0.3 is 6.18 Å². The molecular formula is C12H23F3N2O2. The van der Waals surface area contributed by atoms with Crippen molar-refractivity contribution >= 4 is 5.91 Å². The average molecular weight is 284 g/mol. The lowest BCUT2D eigenvalue weighted by Gasteiger charge is -2.22. The Labute approximate surface area is 111 Å². The van der Waals surface area contributed by atoms with Crippen molar-refractivity contribution in [3.05, 3.63) is 0 Å². The van der Waals surface area contributed by atoms with E-state index in [1.165, 1.54) is 0 Å². The molecule has 114 valence electrons. The Kier molecular flexibility index (Phi) is 7.36. The molecule has 0 aromatic rings. The Morgan fingerprint density at radius 2 is 1.89 bits per heavy atom. The zero-order valence-electron chi connectivity index (χ0n) is 11.6. The molecule has 0 aliphatic heterocycles. The molecule has 1 amide bonds. The molecule has 0 aromatic heterocycles. The van der Waals surface area contributed by atoms with Crippen LogP contribution < -0.4 is 11.1 Å². The number of ether oxygens (including phenoxy) is 1. The normalized spacial score (nSPS) is 14.3. The summed E-state index contributed by atoms with van der Waals surface area (Å²) in [4.78, 5) is 11.4. The fourth-order valence-corrected chi connectivity index (χ4v) is 1.62. The molecule has 0 aromatic carbocycles. The van der Waals surface area contributed by atoms with Crippen LogP contribution in [-0.4, -0.2) is 37.9 Å². The third kappa shape index (κ3) is 13.4. The van der Waals surface area contributed by atoms with Crippen molar-refractivity contribution in [3.63, 3.8) is 0 Å². The molecule has 19 heavy (non-hydrogen) atoms. The summed E-state index contributed by atoms with van der Waals surface area (Å²) >= 11 is 0. The van der Waals surface area contributed by atoms with Gasteiger partial charge in [-0.3, -0.25) is 4.79 Å². The van der Waals surface area contributed by atoms with Gasteiger partial charge in [-0.2, -0.15) is 13.2 Å². The fourth-order valence-electron chi connectivity index (χ4n) is 1.62. The van der Waals surface area contributed by atoms with Crippen molar-refractivity contribution in [2.45, 2.75) is 45.8 Å². The number of nitrogens with two attached hydrogens (primary N) is 1. The van der Waals surface area contributed by atoms with Gasteiger partial charge in [-0.25, -0.2) is 0 Å². The highest BCUT2D eigenvalue weighted by molar-refractivity contribution is 5.76. The smallest absolute Gasteiger partial charge is 0.370 e. The van der Waals surface area contributed by atoms with E-state index in [2.05, 4.69) is 10.1 Å². The van der Waals surface area contributed by atoms with Crippen LogP contribution in [0.3, 0.4) is 0 Å². The highest BCUT2D eigenvalue weighted by Gasteiger charge is 2.27. The van der Waals surface area contributed by atoms with Crippen LogP contribution in [0.2, 0.25) is 0 Å². The second-order valence-electron chi connectivity index (χ2n) is 5.75. The number of amides is 1. The van der Waals surface area contributed by atoms with Gasteiger partial charge in [0.1, 0.15) is 6.61 Å². The second kappa shape index (κ2) is 7.69. The lowest BCUT2D eigenvalue weighted by molar-refractivity contribution is -0.173. The van der Waals surface area contributed by atoms with Crippen molar-refractivity contribution < 1.29 is 22.7 Å². The van der Waals surface area contributed by atoms with Gasteiger partial charge in [0.2, 0.25) is 5.91 Å². The molecule has 0 fully saturated rings. The molecule has 0 saturated heterocycles. The number of alkyl halides is 3. The summed E-state index contributed by atoms with van der Waals surface area (Å²) in [6.07, 6.45) is -3.47. The van der Waals surface area contributed by atoms with Crippen LogP contribution in [0.5, 0.6) is 0 Å². The zero-order chi connectivity index (χ0) is 15.1. The average Bonchev–Trinajstić information content (AvgIpc) is 2.11. The Bertz CT molecular complexity index is 275. The first kappa shape index (κ1) is 18.2. The predicted octanol–water partition coefficient (Wildman–Crippen LogP) is 1.84. The van der Waals surface area contributed by atoms with Gasteiger partial charge in [0.25, 0.3) is 0 Å². The maximum Gasteiger partial charge on any atom is 0.411 e. The van der Waals surface area contributed by atoms with E-state index in [0.29, 0.717) is 6.42 Å². The number of hydrogen-bond acceptors (Lipinski definition) is 3. The maximum absolute atomic E-state index is 11.7. The molecule has 0 aliphatic carbocycles. The Balaban J connectivity index is 3.65. The van der Waals surface area contributed by atoms with E-state index in [4.69, 9.17) is 5.73 Å². The van der Waals surface area contributed by atoms with E-state index in [9.17, 15) is 18.0 Å². The van der Waals surface area contributed by atoms with E-state index in [1.54, 1.807) is 0 Å². The van der Waals surface area contributed by atoms with Gasteiger partial charge in [0.05, 0.1) is 6.61 Å². The lowest BCUT2D eigenvalue weighted by atomic mass is 9.87. The number of carbonyl (C=O) groups excluding carboxylic acids is 1. The van der Waals surface area contributed by atoms with E-state index < -0.39 is 12.8 Å². The topological polar surface area (TPSA) is 64.4 Å². The largest absolute Gasteiger partial charge is 0.411 e. The SMILES string of the molecule is CC(C)(C)CC(N)CC(=O)NCCOCC(F)(F)F. The molecule has 0 aliphatic rings. The summed E-state index contributed by atoms with van der Waals surface area (Å²) in [5.74, 6) is -0.271. The second-order valence-corrected chi connectivity index (χ2v) is 5.75. The van der Waals surface area contributed by atoms with Crippen LogP contribution in [-0.2, 0) is 9.53 Å². The Hall–Kier alpha value is -0.820. The standard InChI is InChI=1S/C12H23F3N2O2/c1-11(2,3)7-9(16)6-10(18)17-4-5-19-8-12(13,14)15/h9H,4-8,16H2,1-3H3,(H,17,18). The monoisotopic (exact) mass is 284 g/mol. The van der Waals surface area contributed by atoms with E-state index in [-0.39, 0.29) is 36.9 Å². The first-order valence-electron chi connectivity index (χ1n) is 6.16. The maximum atomic E-state index is 11.7. The summed E-state index contributed by atoms with van der Waals surface area (Å²) in [6, 6.07) is -0.254. The van der Waals surface area contributed by atoms with Crippen molar-refractivity contribution in [3.8, 4) is 0 Å². The van der Waals surface area contributed by atoms with Gasteiger partial charge in [-0.15, -0.1) is 0 Å². The predicted molar refractivity (Wildman–Crippen MR) is 66.5 cm³/mol. The zero-order valence-corrected chi connectivity index (χ0v) is 11.6. The van der Waals surface area contributed by atoms with Crippen molar-refractivity contribution in [2.75, 3.05) is 19.8 Å². The van der Waals surface area contributed by atoms with Gasteiger partial charge in [0.15, 0.2) is 0 Å². The van der Waals surface area contributed by atoms with Gasteiger partial charge in [0, 0.05) is 19.0 Å². The summed E-state index contributed by atoms with van der Waals surface area (Å²) in [5, 5.41) is 2.47. The summed E-state index contributed by atoms with van der Waals surface area (Å²) in [6.45, 7) is 4.66. The number of rotatable bonds is 7. The quantitative estimate of drug-likeness (QED) is 0.701. The molecule has 1 unspecified atom stereocenters. The summed E-state index contributed by atoms with van der Waals surface area (Å²) in [5.41, 5.74) is 5.84. The molecule has 4 nitrogen and oxygen atoms in total. The number of halogens is 3.